The van der Waals surface area contributed by atoms with Gasteiger partial charge in [0.1, 0.15) is 0 Å². The maximum atomic E-state index is 12.1. The Kier molecular flexibility index (Phi) is 6.12. The molecule has 0 saturated carbocycles. The molecule has 1 aliphatic rings. The summed E-state index contributed by atoms with van der Waals surface area (Å²) < 4.78 is 2.19. The van der Waals surface area contributed by atoms with Crippen LogP contribution in [0, 0.1) is 0 Å². The van der Waals surface area contributed by atoms with Crippen LogP contribution < -0.4 is 5.73 Å². The summed E-state index contributed by atoms with van der Waals surface area (Å²) in [5.74, 6) is -0.901. The summed E-state index contributed by atoms with van der Waals surface area (Å²) in [6.45, 7) is 2.74. The van der Waals surface area contributed by atoms with Gasteiger partial charge in [0.05, 0.1) is 11.1 Å². The van der Waals surface area contributed by atoms with Gasteiger partial charge in [0, 0.05) is 23.2 Å². The van der Waals surface area contributed by atoms with Crippen LogP contribution in [0.1, 0.15) is 88.9 Å². The third kappa shape index (κ3) is 4.09. The van der Waals surface area contributed by atoms with Crippen molar-refractivity contribution in [2.45, 2.75) is 64.3 Å². The third-order valence-electron chi connectivity index (χ3n) is 6.55. The summed E-state index contributed by atoms with van der Waals surface area (Å²) in [7, 11) is 0. The lowest BCUT2D eigenvalue weighted by Crippen LogP contribution is -2.12. The standard InChI is InChI=1S/C26H30N2O3/c1-2-3-9-18-10-4-5-14-22-23(18)20-12-7-13-21(26(30)31)24(20)28(22)16-17-8-6-11-19(15-17)25(27)29/h6-8,11-13,15,18H,2-5,9-10,14,16H2,1H3,(H2,27,29)(H,30,31). The number of aromatic carboxylic acids is 1. The van der Waals surface area contributed by atoms with E-state index in [1.165, 1.54) is 24.1 Å². The zero-order valence-corrected chi connectivity index (χ0v) is 18.1. The Labute approximate surface area is 182 Å². The first kappa shape index (κ1) is 21.2. The number of amides is 1. The number of nitrogens with zero attached hydrogens (tertiary/aromatic N) is 1. The van der Waals surface area contributed by atoms with E-state index in [1.807, 2.05) is 24.3 Å². The first-order chi connectivity index (χ1) is 15.0. The van der Waals surface area contributed by atoms with Crippen LogP contribution in [-0.4, -0.2) is 21.6 Å². The summed E-state index contributed by atoms with van der Waals surface area (Å²) in [4.78, 5) is 23.8. The lowest BCUT2D eigenvalue weighted by molar-refractivity contribution is 0.0698. The van der Waals surface area contributed by atoms with Gasteiger partial charge < -0.3 is 15.4 Å². The molecule has 3 aromatic rings. The van der Waals surface area contributed by atoms with Crippen molar-refractivity contribution in [3.8, 4) is 0 Å². The second-order valence-electron chi connectivity index (χ2n) is 8.60. The lowest BCUT2D eigenvalue weighted by atomic mass is 9.89. The molecule has 31 heavy (non-hydrogen) atoms. The number of carbonyl (C=O) groups is 2. The number of aromatic nitrogens is 1. The lowest BCUT2D eigenvalue weighted by Gasteiger charge is -2.16. The summed E-state index contributed by atoms with van der Waals surface area (Å²) in [5, 5.41) is 11.0. The molecule has 1 heterocycles. The molecule has 1 aliphatic carbocycles. The zero-order valence-electron chi connectivity index (χ0n) is 18.1. The number of para-hydroxylation sites is 1. The van der Waals surface area contributed by atoms with Crippen molar-refractivity contribution in [1.29, 1.82) is 0 Å². The van der Waals surface area contributed by atoms with Gasteiger partial charge in [0.2, 0.25) is 5.91 Å². The average Bonchev–Trinajstić information content (AvgIpc) is 2.92. The van der Waals surface area contributed by atoms with Crippen molar-refractivity contribution >= 4 is 22.8 Å². The van der Waals surface area contributed by atoms with Crippen molar-refractivity contribution in [2.75, 3.05) is 0 Å². The minimum atomic E-state index is -0.907. The molecule has 0 saturated heterocycles. The average molecular weight is 419 g/mol. The van der Waals surface area contributed by atoms with E-state index in [-0.39, 0.29) is 0 Å². The van der Waals surface area contributed by atoms with Crippen molar-refractivity contribution in [2.24, 2.45) is 5.73 Å². The zero-order chi connectivity index (χ0) is 22.0. The number of carbonyl (C=O) groups excluding carboxylic acids is 1. The molecule has 2 aromatic carbocycles. The molecular formula is C26H30N2O3. The molecule has 1 amide bonds. The third-order valence-corrected chi connectivity index (χ3v) is 6.55. The van der Waals surface area contributed by atoms with E-state index in [4.69, 9.17) is 5.73 Å². The Hall–Kier alpha value is -3.08. The van der Waals surface area contributed by atoms with Gasteiger partial charge in [0.25, 0.3) is 0 Å². The highest BCUT2D eigenvalue weighted by atomic mass is 16.4. The number of carboxylic acids is 1. The van der Waals surface area contributed by atoms with Crippen LogP contribution in [0.5, 0.6) is 0 Å². The molecule has 162 valence electrons. The minimum absolute atomic E-state index is 0.339. The van der Waals surface area contributed by atoms with Gasteiger partial charge in [-0.05, 0) is 60.9 Å². The van der Waals surface area contributed by atoms with Crippen LogP contribution in [0.25, 0.3) is 10.9 Å². The van der Waals surface area contributed by atoms with Gasteiger partial charge in [-0.15, -0.1) is 0 Å². The minimum Gasteiger partial charge on any atom is -0.478 e. The molecule has 5 nitrogen and oxygen atoms in total. The highest BCUT2D eigenvalue weighted by Crippen LogP contribution is 2.41. The Bertz CT molecular complexity index is 1130. The summed E-state index contributed by atoms with van der Waals surface area (Å²) in [5.41, 5.74) is 10.6. The number of carboxylic acid groups (broad SMARTS) is 1. The number of benzene rings is 2. The molecule has 3 N–H and O–H groups in total. The second-order valence-corrected chi connectivity index (χ2v) is 8.60. The first-order valence-electron chi connectivity index (χ1n) is 11.3. The molecule has 0 bridgehead atoms. The monoisotopic (exact) mass is 418 g/mol. The van der Waals surface area contributed by atoms with Crippen molar-refractivity contribution in [3.63, 3.8) is 0 Å². The predicted octanol–water partition coefficient (Wildman–Crippen LogP) is 5.49. The largest absolute Gasteiger partial charge is 0.478 e. The Morgan fingerprint density at radius 1 is 1.16 bits per heavy atom. The van der Waals surface area contributed by atoms with E-state index in [1.54, 1.807) is 12.1 Å². The number of nitrogens with two attached hydrogens (primary N) is 1. The number of unbranched alkanes of at least 4 members (excludes halogenated alkanes) is 1. The van der Waals surface area contributed by atoms with Gasteiger partial charge in [-0.25, -0.2) is 4.79 Å². The van der Waals surface area contributed by atoms with Gasteiger partial charge in [0.15, 0.2) is 0 Å². The van der Waals surface area contributed by atoms with Crippen LogP contribution in [0.4, 0.5) is 0 Å². The van der Waals surface area contributed by atoms with Gasteiger partial charge in [-0.1, -0.05) is 50.5 Å². The van der Waals surface area contributed by atoms with Crippen LogP contribution in [0.15, 0.2) is 42.5 Å². The van der Waals surface area contributed by atoms with Crippen molar-refractivity contribution < 1.29 is 14.7 Å². The molecule has 0 radical (unpaired) electrons. The molecule has 1 atom stereocenters. The Morgan fingerprint density at radius 3 is 2.71 bits per heavy atom. The van der Waals surface area contributed by atoms with Gasteiger partial charge in [-0.3, -0.25) is 4.79 Å². The number of primary amides is 1. The van der Waals surface area contributed by atoms with E-state index in [2.05, 4.69) is 17.6 Å². The van der Waals surface area contributed by atoms with E-state index < -0.39 is 11.9 Å². The fourth-order valence-corrected chi connectivity index (χ4v) is 5.13. The van der Waals surface area contributed by atoms with Crippen molar-refractivity contribution in [1.82, 2.24) is 4.57 Å². The fourth-order valence-electron chi connectivity index (χ4n) is 5.13. The molecule has 4 rings (SSSR count). The van der Waals surface area contributed by atoms with E-state index in [0.717, 1.165) is 48.6 Å². The second kappa shape index (κ2) is 8.96. The van der Waals surface area contributed by atoms with Gasteiger partial charge in [-0.2, -0.15) is 0 Å². The normalized spacial score (nSPS) is 16.1. The maximum absolute atomic E-state index is 12.1. The molecule has 5 heteroatoms. The highest BCUT2D eigenvalue weighted by molar-refractivity contribution is 6.04. The number of hydrogen-bond donors (Lipinski definition) is 2. The SMILES string of the molecule is CCCCC1CCCCc2c1c1cccc(C(=O)O)c1n2Cc1cccc(C(N)=O)c1. The molecular weight excluding hydrogens is 388 g/mol. The first-order valence-corrected chi connectivity index (χ1v) is 11.3. The molecule has 0 fully saturated rings. The van der Waals surface area contributed by atoms with Crippen molar-refractivity contribution in [3.05, 3.63) is 70.4 Å². The highest BCUT2D eigenvalue weighted by Gasteiger charge is 2.28. The van der Waals surface area contributed by atoms with E-state index in [0.29, 0.717) is 23.6 Å². The topological polar surface area (TPSA) is 85.3 Å². The number of rotatable bonds is 7. The van der Waals surface area contributed by atoms with Crippen LogP contribution in [-0.2, 0) is 13.0 Å². The predicted molar refractivity (Wildman–Crippen MR) is 123 cm³/mol. The van der Waals surface area contributed by atoms with E-state index >= 15 is 0 Å². The molecule has 1 aromatic heterocycles. The van der Waals surface area contributed by atoms with E-state index in [9.17, 15) is 14.7 Å². The summed E-state index contributed by atoms with van der Waals surface area (Å²) in [6, 6.07) is 13.0. The summed E-state index contributed by atoms with van der Waals surface area (Å²) >= 11 is 0. The van der Waals surface area contributed by atoms with Gasteiger partial charge >= 0.3 is 5.97 Å². The smallest absolute Gasteiger partial charge is 0.337 e. The molecule has 0 aliphatic heterocycles. The molecule has 1 unspecified atom stereocenters. The van der Waals surface area contributed by atoms with Crippen LogP contribution in [0.3, 0.4) is 0 Å². The number of fused-ring (bicyclic) bond motifs is 3. The van der Waals surface area contributed by atoms with Crippen LogP contribution in [0.2, 0.25) is 0 Å². The van der Waals surface area contributed by atoms with Crippen LogP contribution >= 0.6 is 0 Å². The summed E-state index contributed by atoms with van der Waals surface area (Å²) in [6.07, 6.45) is 7.87. The number of hydrogen-bond acceptors (Lipinski definition) is 2. The Morgan fingerprint density at radius 2 is 1.97 bits per heavy atom. The molecule has 0 spiro atoms. The quantitative estimate of drug-likeness (QED) is 0.498. The fraction of sp³-hybridized carbons (Fsp3) is 0.385. The Balaban J connectivity index is 1.93. The maximum Gasteiger partial charge on any atom is 0.337 e.